The van der Waals surface area contributed by atoms with E-state index in [4.69, 9.17) is 11.5 Å². The minimum absolute atomic E-state index is 0.422. The Kier molecular flexibility index (Phi) is 3.93. The van der Waals surface area contributed by atoms with E-state index in [0.717, 1.165) is 13.1 Å². The summed E-state index contributed by atoms with van der Waals surface area (Å²) in [7, 11) is 0. The average Bonchev–Trinajstić information content (AvgIpc) is 2.39. The van der Waals surface area contributed by atoms with Gasteiger partial charge in [0.1, 0.15) is 0 Å². The normalized spacial score (nSPS) is 25.6. The minimum atomic E-state index is 0.422. The quantitative estimate of drug-likeness (QED) is 0.714. The highest BCUT2D eigenvalue weighted by Crippen LogP contribution is 2.28. The van der Waals surface area contributed by atoms with Crippen molar-refractivity contribution in [1.29, 1.82) is 0 Å². The van der Waals surface area contributed by atoms with Crippen LogP contribution in [-0.2, 0) is 6.54 Å². The first-order valence-electron chi connectivity index (χ1n) is 6.07. The van der Waals surface area contributed by atoms with Gasteiger partial charge in [0.05, 0.1) is 0 Å². The van der Waals surface area contributed by atoms with Gasteiger partial charge in [0.25, 0.3) is 0 Å². The van der Waals surface area contributed by atoms with Crippen LogP contribution in [0.25, 0.3) is 0 Å². The predicted octanol–water partition coefficient (Wildman–Crippen LogP) is 1.14. The molecule has 1 aliphatic rings. The lowest BCUT2D eigenvalue weighted by atomic mass is 9.86. The summed E-state index contributed by atoms with van der Waals surface area (Å²) in [4.78, 5) is 0. The van der Waals surface area contributed by atoms with Crippen LogP contribution < -0.4 is 16.8 Å². The summed E-state index contributed by atoms with van der Waals surface area (Å²) in [5.41, 5.74) is 13.9. The zero-order valence-corrected chi connectivity index (χ0v) is 9.65. The van der Waals surface area contributed by atoms with Gasteiger partial charge in [-0.15, -0.1) is 0 Å². The first-order valence-corrected chi connectivity index (χ1v) is 6.07. The summed E-state index contributed by atoms with van der Waals surface area (Å²) >= 11 is 0. The number of nitrogens with two attached hydrogens (primary N) is 2. The highest BCUT2D eigenvalue weighted by Gasteiger charge is 2.24. The molecule has 88 valence electrons. The number of piperidine rings is 1. The smallest absolute Gasteiger partial charge is 0.0360 e. The summed E-state index contributed by atoms with van der Waals surface area (Å²) in [6, 6.07) is 8.99. The van der Waals surface area contributed by atoms with E-state index in [-0.39, 0.29) is 0 Å². The summed E-state index contributed by atoms with van der Waals surface area (Å²) in [5.74, 6) is 0.567. The van der Waals surface area contributed by atoms with Crippen molar-refractivity contribution in [3.05, 3.63) is 35.4 Å². The molecule has 0 radical (unpaired) electrons. The molecule has 3 heteroatoms. The van der Waals surface area contributed by atoms with Crippen LogP contribution in [0, 0.1) is 5.92 Å². The fourth-order valence-electron chi connectivity index (χ4n) is 2.46. The maximum absolute atomic E-state index is 5.83. The standard InChI is InChI=1S/C13H21N3/c14-8-10-3-5-11(6-4-10)13-12(9-15)2-1-7-16-13/h3-6,12-13,16H,1-2,7-9,14-15H2. The molecule has 2 atom stereocenters. The van der Waals surface area contributed by atoms with Gasteiger partial charge >= 0.3 is 0 Å². The van der Waals surface area contributed by atoms with Crippen molar-refractivity contribution in [3.8, 4) is 0 Å². The lowest BCUT2D eigenvalue weighted by Crippen LogP contribution is -2.37. The maximum atomic E-state index is 5.83. The van der Waals surface area contributed by atoms with E-state index >= 15 is 0 Å². The van der Waals surface area contributed by atoms with Crippen LogP contribution in [0.3, 0.4) is 0 Å². The Balaban J connectivity index is 2.14. The Morgan fingerprint density at radius 3 is 2.56 bits per heavy atom. The number of benzene rings is 1. The molecular weight excluding hydrogens is 198 g/mol. The highest BCUT2D eigenvalue weighted by molar-refractivity contribution is 5.25. The van der Waals surface area contributed by atoms with E-state index in [1.807, 2.05) is 0 Å². The van der Waals surface area contributed by atoms with E-state index in [1.54, 1.807) is 0 Å². The molecule has 2 unspecified atom stereocenters. The molecule has 5 N–H and O–H groups in total. The molecule has 0 saturated carbocycles. The molecule has 1 aromatic rings. The predicted molar refractivity (Wildman–Crippen MR) is 66.9 cm³/mol. The average molecular weight is 219 g/mol. The van der Waals surface area contributed by atoms with E-state index < -0.39 is 0 Å². The van der Waals surface area contributed by atoms with Crippen molar-refractivity contribution in [2.45, 2.75) is 25.4 Å². The van der Waals surface area contributed by atoms with Gasteiger partial charge in [-0.3, -0.25) is 0 Å². The third kappa shape index (κ3) is 2.43. The lowest BCUT2D eigenvalue weighted by molar-refractivity contribution is 0.291. The van der Waals surface area contributed by atoms with Crippen LogP contribution >= 0.6 is 0 Å². The molecule has 0 spiro atoms. The summed E-state index contributed by atoms with van der Waals surface area (Å²) in [6.45, 7) is 2.47. The topological polar surface area (TPSA) is 64.1 Å². The van der Waals surface area contributed by atoms with Crippen molar-refractivity contribution in [2.75, 3.05) is 13.1 Å². The molecule has 3 nitrogen and oxygen atoms in total. The molecule has 0 aliphatic carbocycles. The molecule has 1 aliphatic heterocycles. The second kappa shape index (κ2) is 5.43. The van der Waals surface area contributed by atoms with Gasteiger partial charge in [-0.05, 0) is 43.0 Å². The van der Waals surface area contributed by atoms with Gasteiger partial charge in [-0.1, -0.05) is 24.3 Å². The second-order valence-electron chi connectivity index (χ2n) is 4.52. The highest BCUT2D eigenvalue weighted by atomic mass is 14.9. The number of rotatable bonds is 3. The monoisotopic (exact) mass is 219 g/mol. The molecule has 0 aromatic heterocycles. The van der Waals surface area contributed by atoms with Gasteiger partial charge in [-0.25, -0.2) is 0 Å². The van der Waals surface area contributed by atoms with Gasteiger partial charge < -0.3 is 16.8 Å². The molecule has 0 bridgehead atoms. The third-order valence-corrected chi connectivity index (χ3v) is 3.46. The summed E-state index contributed by atoms with van der Waals surface area (Å²) in [6.07, 6.45) is 2.46. The number of nitrogens with one attached hydrogen (secondary N) is 1. The molecule has 0 amide bonds. The molecule has 16 heavy (non-hydrogen) atoms. The Bertz CT molecular complexity index is 320. The van der Waals surface area contributed by atoms with Crippen molar-refractivity contribution in [1.82, 2.24) is 5.32 Å². The zero-order valence-electron chi connectivity index (χ0n) is 9.65. The summed E-state index contributed by atoms with van der Waals surface area (Å²) < 4.78 is 0. The van der Waals surface area contributed by atoms with Crippen LogP contribution in [-0.4, -0.2) is 13.1 Å². The van der Waals surface area contributed by atoms with Crippen LogP contribution in [0.2, 0.25) is 0 Å². The van der Waals surface area contributed by atoms with Gasteiger partial charge in [-0.2, -0.15) is 0 Å². The second-order valence-corrected chi connectivity index (χ2v) is 4.52. The fraction of sp³-hybridized carbons (Fsp3) is 0.538. The maximum Gasteiger partial charge on any atom is 0.0360 e. The van der Waals surface area contributed by atoms with Crippen molar-refractivity contribution >= 4 is 0 Å². The SMILES string of the molecule is NCc1ccc(C2NCCCC2CN)cc1. The number of hydrogen-bond acceptors (Lipinski definition) is 3. The van der Waals surface area contributed by atoms with Gasteiger partial charge in [0, 0.05) is 12.6 Å². The number of hydrogen-bond donors (Lipinski definition) is 3. The largest absolute Gasteiger partial charge is 0.330 e. The van der Waals surface area contributed by atoms with Crippen molar-refractivity contribution in [2.24, 2.45) is 17.4 Å². The zero-order chi connectivity index (χ0) is 11.4. The van der Waals surface area contributed by atoms with Gasteiger partial charge in [0.2, 0.25) is 0 Å². The van der Waals surface area contributed by atoms with Crippen molar-refractivity contribution in [3.63, 3.8) is 0 Å². The Hall–Kier alpha value is -0.900. The van der Waals surface area contributed by atoms with Crippen LogP contribution in [0.5, 0.6) is 0 Å². The first kappa shape index (κ1) is 11.6. The van der Waals surface area contributed by atoms with Crippen LogP contribution in [0.15, 0.2) is 24.3 Å². The van der Waals surface area contributed by atoms with E-state index in [2.05, 4.69) is 29.6 Å². The molecule has 1 aromatic carbocycles. The van der Waals surface area contributed by atoms with Crippen LogP contribution in [0.4, 0.5) is 0 Å². The Labute approximate surface area is 97.2 Å². The lowest BCUT2D eigenvalue weighted by Gasteiger charge is -2.32. The molecule has 1 fully saturated rings. The Morgan fingerprint density at radius 1 is 1.19 bits per heavy atom. The van der Waals surface area contributed by atoms with E-state index in [1.165, 1.54) is 24.0 Å². The first-order chi connectivity index (χ1) is 7.85. The van der Waals surface area contributed by atoms with Crippen LogP contribution in [0.1, 0.15) is 30.0 Å². The minimum Gasteiger partial charge on any atom is -0.330 e. The molecule has 2 rings (SSSR count). The van der Waals surface area contributed by atoms with Gasteiger partial charge in [0.15, 0.2) is 0 Å². The van der Waals surface area contributed by atoms with Crippen molar-refractivity contribution < 1.29 is 0 Å². The van der Waals surface area contributed by atoms with E-state index in [9.17, 15) is 0 Å². The van der Waals surface area contributed by atoms with E-state index in [0.29, 0.717) is 18.5 Å². The fourth-order valence-corrected chi connectivity index (χ4v) is 2.46. The molecule has 1 saturated heterocycles. The molecule has 1 heterocycles. The molecular formula is C13H21N3. The third-order valence-electron chi connectivity index (χ3n) is 3.46. The summed E-state index contributed by atoms with van der Waals surface area (Å²) in [5, 5.41) is 3.56. The Morgan fingerprint density at radius 2 is 1.94 bits per heavy atom.